The summed E-state index contributed by atoms with van der Waals surface area (Å²) < 4.78 is 0. The Kier molecular flexibility index (Phi) is 3.57. The summed E-state index contributed by atoms with van der Waals surface area (Å²) in [6, 6.07) is 9.43. The highest BCUT2D eigenvalue weighted by atomic mass is 32.1. The van der Waals surface area contributed by atoms with Crippen LogP contribution in [-0.2, 0) is 9.59 Å². The fourth-order valence-corrected chi connectivity index (χ4v) is 3.64. The van der Waals surface area contributed by atoms with Crippen LogP contribution >= 0.6 is 11.3 Å². The van der Waals surface area contributed by atoms with Gasteiger partial charge in [-0.25, -0.2) is 0 Å². The third kappa shape index (κ3) is 2.96. The molecule has 23 heavy (non-hydrogen) atoms. The minimum absolute atomic E-state index is 0.0210. The Balaban J connectivity index is 1.41. The van der Waals surface area contributed by atoms with Crippen LogP contribution in [0.4, 0.5) is 10.8 Å². The van der Waals surface area contributed by atoms with Crippen molar-refractivity contribution in [3.05, 3.63) is 35.3 Å². The van der Waals surface area contributed by atoms with Crippen LogP contribution in [0.3, 0.4) is 0 Å². The topological polar surface area (TPSA) is 75.2 Å². The first-order chi connectivity index (χ1) is 11.2. The zero-order valence-corrected chi connectivity index (χ0v) is 13.3. The molecule has 1 atom stereocenters. The molecule has 1 aliphatic heterocycles. The molecule has 1 aromatic carbocycles. The van der Waals surface area contributed by atoms with Gasteiger partial charge in [-0.3, -0.25) is 9.59 Å². The maximum absolute atomic E-state index is 12.4. The predicted octanol–water partition coefficient (Wildman–Crippen LogP) is 2.41. The summed E-state index contributed by atoms with van der Waals surface area (Å²) in [6.45, 7) is 0.406. The van der Waals surface area contributed by atoms with Crippen molar-refractivity contribution in [1.82, 2.24) is 10.2 Å². The molecule has 7 heteroatoms. The van der Waals surface area contributed by atoms with E-state index in [9.17, 15) is 9.59 Å². The molecule has 1 aromatic heterocycles. The lowest BCUT2D eigenvalue weighted by atomic mass is 10.1. The lowest BCUT2D eigenvalue weighted by Crippen LogP contribution is -2.28. The van der Waals surface area contributed by atoms with Crippen LogP contribution in [0.25, 0.3) is 0 Å². The van der Waals surface area contributed by atoms with Gasteiger partial charge in [-0.15, -0.1) is 10.2 Å². The number of anilines is 2. The maximum Gasteiger partial charge on any atom is 0.231 e. The van der Waals surface area contributed by atoms with Crippen molar-refractivity contribution in [2.75, 3.05) is 16.8 Å². The highest BCUT2D eigenvalue weighted by Gasteiger charge is 2.35. The maximum atomic E-state index is 12.4. The van der Waals surface area contributed by atoms with Crippen molar-refractivity contribution in [1.29, 1.82) is 0 Å². The average Bonchev–Trinajstić information content (AvgIpc) is 3.19. The molecule has 6 nitrogen and oxygen atoms in total. The van der Waals surface area contributed by atoms with Crippen molar-refractivity contribution in [3.63, 3.8) is 0 Å². The zero-order chi connectivity index (χ0) is 15.8. The summed E-state index contributed by atoms with van der Waals surface area (Å²) in [5.41, 5.74) is 0.833. The number of rotatable bonds is 4. The highest BCUT2D eigenvalue weighted by molar-refractivity contribution is 7.15. The second kappa shape index (κ2) is 5.73. The number of benzene rings is 1. The Labute approximate surface area is 137 Å². The molecule has 0 radical (unpaired) electrons. The third-order valence-corrected chi connectivity index (χ3v) is 5.16. The lowest BCUT2D eigenvalue weighted by Gasteiger charge is -2.16. The summed E-state index contributed by atoms with van der Waals surface area (Å²) in [5.74, 6) is -0.00155. The van der Waals surface area contributed by atoms with E-state index in [-0.39, 0.29) is 24.2 Å². The summed E-state index contributed by atoms with van der Waals surface area (Å²) in [4.78, 5) is 26.2. The summed E-state index contributed by atoms with van der Waals surface area (Å²) in [6.07, 6.45) is 2.55. The molecular formula is C16H16N4O2S. The van der Waals surface area contributed by atoms with Gasteiger partial charge in [-0.2, -0.15) is 0 Å². The standard InChI is InChI=1S/C16H16N4O2S/c21-13-8-11(9-20(13)12-4-2-1-3-5-12)14(22)17-16-19-18-15(23-16)10-6-7-10/h1-5,10-11H,6-9H2,(H,17,19,22)/t11-/m0/s1. The molecule has 2 aliphatic rings. The molecule has 0 bridgehead atoms. The Bertz CT molecular complexity index is 742. The Hall–Kier alpha value is -2.28. The van der Waals surface area contributed by atoms with Gasteiger partial charge in [0.1, 0.15) is 5.01 Å². The Morgan fingerprint density at radius 2 is 2.00 bits per heavy atom. The van der Waals surface area contributed by atoms with Crippen LogP contribution in [0, 0.1) is 5.92 Å². The fraction of sp³-hybridized carbons (Fsp3) is 0.375. The molecule has 118 valence electrons. The Morgan fingerprint density at radius 1 is 1.22 bits per heavy atom. The second-order valence-electron chi connectivity index (χ2n) is 5.95. The van der Waals surface area contributed by atoms with Gasteiger partial charge >= 0.3 is 0 Å². The van der Waals surface area contributed by atoms with E-state index in [1.165, 1.54) is 11.3 Å². The molecule has 1 saturated heterocycles. The van der Waals surface area contributed by atoms with Gasteiger partial charge in [0, 0.05) is 24.6 Å². The molecule has 2 heterocycles. The van der Waals surface area contributed by atoms with Crippen LogP contribution < -0.4 is 10.2 Å². The lowest BCUT2D eigenvalue weighted by molar-refractivity contribution is -0.122. The molecule has 1 N–H and O–H groups in total. The summed E-state index contributed by atoms with van der Waals surface area (Å²) >= 11 is 1.44. The number of para-hydroxylation sites is 1. The number of hydrogen-bond donors (Lipinski definition) is 1. The number of aromatic nitrogens is 2. The van der Waals surface area contributed by atoms with Crippen LogP contribution in [0.5, 0.6) is 0 Å². The first-order valence-corrected chi connectivity index (χ1v) is 8.52. The normalized spacial score (nSPS) is 20.8. The molecule has 2 amide bonds. The first kappa shape index (κ1) is 14.3. The van der Waals surface area contributed by atoms with Crippen molar-refractivity contribution in [2.45, 2.75) is 25.2 Å². The number of hydrogen-bond acceptors (Lipinski definition) is 5. The molecule has 1 aliphatic carbocycles. The number of carbonyl (C=O) groups excluding carboxylic acids is 2. The molecule has 1 saturated carbocycles. The smallest absolute Gasteiger partial charge is 0.231 e. The van der Waals surface area contributed by atoms with Crippen molar-refractivity contribution < 1.29 is 9.59 Å². The second-order valence-corrected chi connectivity index (χ2v) is 6.96. The number of amides is 2. The fourth-order valence-electron chi connectivity index (χ4n) is 2.73. The molecule has 0 spiro atoms. The number of carbonyl (C=O) groups is 2. The van der Waals surface area contributed by atoms with Crippen molar-refractivity contribution >= 4 is 34.0 Å². The SMILES string of the molecule is O=C(Nc1nnc(C2CC2)s1)[C@H]1CC(=O)N(c2ccccc2)C1. The van der Waals surface area contributed by atoms with Crippen LogP contribution in [-0.4, -0.2) is 28.6 Å². The Morgan fingerprint density at radius 3 is 2.74 bits per heavy atom. The van der Waals surface area contributed by atoms with Crippen molar-refractivity contribution in [2.24, 2.45) is 5.92 Å². The average molecular weight is 328 g/mol. The third-order valence-electron chi connectivity index (χ3n) is 4.16. The molecule has 2 aromatic rings. The van der Waals surface area contributed by atoms with Gasteiger partial charge in [0.15, 0.2) is 0 Å². The molecule has 2 fully saturated rings. The van der Waals surface area contributed by atoms with Gasteiger partial charge in [0.25, 0.3) is 0 Å². The molecule has 4 rings (SSSR count). The first-order valence-electron chi connectivity index (χ1n) is 7.70. The van der Waals surface area contributed by atoms with Gasteiger partial charge in [-0.1, -0.05) is 29.5 Å². The molecule has 0 unspecified atom stereocenters. The van der Waals surface area contributed by atoms with Crippen LogP contribution in [0.1, 0.15) is 30.2 Å². The predicted molar refractivity (Wildman–Crippen MR) is 87.4 cm³/mol. The van der Waals surface area contributed by atoms with E-state index in [1.54, 1.807) is 4.90 Å². The van der Waals surface area contributed by atoms with E-state index in [1.807, 2.05) is 30.3 Å². The largest absolute Gasteiger partial charge is 0.312 e. The van der Waals surface area contributed by atoms with E-state index in [2.05, 4.69) is 15.5 Å². The number of nitrogens with zero attached hydrogens (tertiary/aromatic N) is 3. The van der Waals surface area contributed by atoms with Gasteiger partial charge in [-0.05, 0) is 25.0 Å². The van der Waals surface area contributed by atoms with E-state index in [0.29, 0.717) is 17.6 Å². The quantitative estimate of drug-likeness (QED) is 0.935. The molecular weight excluding hydrogens is 312 g/mol. The van der Waals surface area contributed by atoms with Gasteiger partial charge < -0.3 is 10.2 Å². The van der Waals surface area contributed by atoms with E-state index in [4.69, 9.17) is 0 Å². The van der Waals surface area contributed by atoms with E-state index >= 15 is 0 Å². The van der Waals surface area contributed by atoms with E-state index < -0.39 is 0 Å². The van der Waals surface area contributed by atoms with Crippen LogP contribution in [0.2, 0.25) is 0 Å². The zero-order valence-electron chi connectivity index (χ0n) is 12.4. The summed E-state index contributed by atoms with van der Waals surface area (Å²) in [5, 5.41) is 12.5. The minimum Gasteiger partial charge on any atom is -0.312 e. The monoisotopic (exact) mass is 328 g/mol. The number of nitrogens with one attached hydrogen (secondary N) is 1. The summed E-state index contributed by atoms with van der Waals surface area (Å²) in [7, 11) is 0. The van der Waals surface area contributed by atoms with Gasteiger partial charge in [0.2, 0.25) is 16.9 Å². The van der Waals surface area contributed by atoms with Crippen molar-refractivity contribution in [3.8, 4) is 0 Å². The van der Waals surface area contributed by atoms with Crippen LogP contribution in [0.15, 0.2) is 30.3 Å². The van der Waals surface area contributed by atoms with Gasteiger partial charge in [0.05, 0.1) is 5.92 Å². The highest BCUT2D eigenvalue weighted by Crippen LogP contribution is 2.42. The minimum atomic E-state index is -0.351. The van der Waals surface area contributed by atoms with E-state index in [0.717, 1.165) is 23.5 Å².